The van der Waals surface area contributed by atoms with Crippen LogP contribution in [-0.2, 0) is 6.54 Å². The van der Waals surface area contributed by atoms with Gasteiger partial charge >= 0.3 is 0 Å². The number of aryl methyl sites for hydroxylation is 1. The summed E-state index contributed by atoms with van der Waals surface area (Å²) >= 11 is 0. The van der Waals surface area contributed by atoms with Crippen LogP contribution in [0.1, 0.15) is 35.4 Å². The molecular weight excluding hydrogens is 359 g/mol. The van der Waals surface area contributed by atoms with Gasteiger partial charge < -0.3 is 14.6 Å². The minimum Gasteiger partial charge on any atom is -0.496 e. The number of hydrogen-bond acceptors (Lipinski definition) is 4. The molecular formula is C21H23FN4O2. The zero-order valence-electron chi connectivity index (χ0n) is 15.8. The first kappa shape index (κ1) is 18.5. The van der Waals surface area contributed by atoms with Crippen molar-refractivity contribution < 1.29 is 13.9 Å². The standard InChI is InChI=1S/C21H23FN4O2/c1-3-26-17-9-6-10-19(28-2)14(17)11-18(26)16-12-20(25-24-16)23-21(27)13-7-4-5-8-15(13)22/h4-11,16,20,24-25H,3,12H2,1-2H3,(H,23,27). The molecule has 2 atom stereocenters. The molecule has 2 aromatic carbocycles. The lowest BCUT2D eigenvalue weighted by Gasteiger charge is -2.14. The lowest BCUT2D eigenvalue weighted by Crippen LogP contribution is -2.44. The number of nitrogens with one attached hydrogen (secondary N) is 3. The molecule has 0 saturated carbocycles. The van der Waals surface area contributed by atoms with E-state index in [-0.39, 0.29) is 17.8 Å². The van der Waals surface area contributed by atoms with Crippen LogP contribution in [0.4, 0.5) is 4.39 Å². The highest BCUT2D eigenvalue weighted by atomic mass is 19.1. The highest BCUT2D eigenvalue weighted by molar-refractivity contribution is 5.94. The van der Waals surface area contributed by atoms with E-state index in [1.165, 1.54) is 12.1 Å². The van der Waals surface area contributed by atoms with Crippen LogP contribution in [0.3, 0.4) is 0 Å². The van der Waals surface area contributed by atoms with Crippen molar-refractivity contribution in [3.05, 3.63) is 65.6 Å². The number of methoxy groups -OCH3 is 1. The summed E-state index contributed by atoms with van der Waals surface area (Å²) in [6.45, 7) is 2.92. The zero-order valence-corrected chi connectivity index (χ0v) is 15.8. The van der Waals surface area contributed by atoms with Crippen LogP contribution >= 0.6 is 0 Å². The second-order valence-corrected chi connectivity index (χ2v) is 6.79. The van der Waals surface area contributed by atoms with Gasteiger partial charge in [0, 0.05) is 24.0 Å². The van der Waals surface area contributed by atoms with Crippen molar-refractivity contribution in [1.82, 2.24) is 20.7 Å². The first-order chi connectivity index (χ1) is 13.6. The number of carbonyl (C=O) groups is 1. The highest BCUT2D eigenvalue weighted by Gasteiger charge is 2.29. The van der Waals surface area contributed by atoms with Crippen LogP contribution in [0.5, 0.6) is 5.75 Å². The third-order valence-corrected chi connectivity index (χ3v) is 5.16. The number of nitrogens with zero attached hydrogens (tertiary/aromatic N) is 1. The molecule has 2 unspecified atom stereocenters. The molecule has 1 aliphatic rings. The average molecular weight is 382 g/mol. The smallest absolute Gasteiger partial charge is 0.255 e. The Morgan fingerprint density at radius 3 is 2.82 bits per heavy atom. The molecule has 1 saturated heterocycles. The van der Waals surface area contributed by atoms with Crippen molar-refractivity contribution in [2.45, 2.75) is 32.1 Å². The van der Waals surface area contributed by atoms with E-state index >= 15 is 0 Å². The molecule has 3 N–H and O–H groups in total. The van der Waals surface area contributed by atoms with Crippen LogP contribution in [-0.4, -0.2) is 23.7 Å². The molecule has 1 fully saturated rings. The van der Waals surface area contributed by atoms with Gasteiger partial charge in [-0.25, -0.2) is 15.2 Å². The minimum atomic E-state index is -0.527. The minimum absolute atomic E-state index is 0.00276. The lowest BCUT2D eigenvalue weighted by molar-refractivity contribution is 0.0928. The first-order valence-corrected chi connectivity index (χ1v) is 9.35. The van der Waals surface area contributed by atoms with Crippen molar-refractivity contribution >= 4 is 16.8 Å². The van der Waals surface area contributed by atoms with E-state index < -0.39 is 11.7 Å². The lowest BCUT2D eigenvalue weighted by atomic mass is 10.1. The molecule has 0 radical (unpaired) electrons. The third-order valence-electron chi connectivity index (χ3n) is 5.16. The number of hydrogen-bond donors (Lipinski definition) is 3. The van der Waals surface area contributed by atoms with E-state index in [1.54, 1.807) is 19.2 Å². The number of aromatic nitrogens is 1. The molecule has 4 rings (SSSR count). The fourth-order valence-corrected chi connectivity index (χ4v) is 3.82. The Labute approximate surface area is 162 Å². The van der Waals surface area contributed by atoms with Crippen molar-refractivity contribution in [3.63, 3.8) is 0 Å². The first-order valence-electron chi connectivity index (χ1n) is 9.35. The van der Waals surface area contributed by atoms with Gasteiger partial charge in [0.15, 0.2) is 0 Å². The second kappa shape index (κ2) is 7.61. The van der Waals surface area contributed by atoms with Crippen LogP contribution in [0.25, 0.3) is 10.9 Å². The summed E-state index contributed by atoms with van der Waals surface area (Å²) in [5.41, 5.74) is 8.61. The Balaban J connectivity index is 1.54. The molecule has 146 valence electrons. The largest absolute Gasteiger partial charge is 0.496 e. The van der Waals surface area contributed by atoms with Crippen LogP contribution in [0, 0.1) is 5.82 Å². The number of fused-ring (bicyclic) bond motifs is 1. The Hall–Kier alpha value is -2.90. The van der Waals surface area contributed by atoms with Crippen LogP contribution < -0.4 is 20.9 Å². The average Bonchev–Trinajstić information content (AvgIpc) is 3.31. The molecule has 6 nitrogen and oxygen atoms in total. The van der Waals surface area contributed by atoms with Crippen LogP contribution in [0.2, 0.25) is 0 Å². The maximum atomic E-state index is 13.8. The maximum Gasteiger partial charge on any atom is 0.255 e. The van der Waals surface area contributed by atoms with Gasteiger partial charge in [0.25, 0.3) is 5.91 Å². The van der Waals surface area contributed by atoms with Crippen molar-refractivity contribution in [2.75, 3.05) is 7.11 Å². The van der Waals surface area contributed by atoms with Crippen molar-refractivity contribution in [3.8, 4) is 5.75 Å². The van der Waals surface area contributed by atoms with E-state index in [2.05, 4.69) is 39.8 Å². The summed E-state index contributed by atoms with van der Waals surface area (Å²) in [6.07, 6.45) is 0.334. The van der Waals surface area contributed by atoms with E-state index in [4.69, 9.17) is 4.74 Å². The van der Waals surface area contributed by atoms with Gasteiger partial charge in [-0.15, -0.1) is 0 Å². The summed E-state index contributed by atoms with van der Waals surface area (Å²) < 4.78 is 21.6. The molecule has 2 heterocycles. The number of hydrazine groups is 1. The quantitative estimate of drug-likeness (QED) is 0.634. The van der Waals surface area contributed by atoms with Gasteiger partial charge in [-0.2, -0.15) is 0 Å². The highest BCUT2D eigenvalue weighted by Crippen LogP contribution is 2.33. The fraction of sp³-hybridized carbons (Fsp3) is 0.286. The predicted octanol–water partition coefficient (Wildman–Crippen LogP) is 3.10. The molecule has 1 aliphatic heterocycles. The number of amides is 1. The van der Waals surface area contributed by atoms with Crippen molar-refractivity contribution in [2.24, 2.45) is 0 Å². The summed E-state index contributed by atoms with van der Waals surface area (Å²) in [4.78, 5) is 12.4. The van der Waals surface area contributed by atoms with Gasteiger partial charge in [0.2, 0.25) is 0 Å². The third kappa shape index (κ3) is 3.23. The molecule has 0 aliphatic carbocycles. The van der Waals surface area contributed by atoms with E-state index in [1.807, 2.05) is 12.1 Å². The molecule has 7 heteroatoms. The Bertz CT molecular complexity index is 1020. The Morgan fingerprint density at radius 2 is 2.07 bits per heavy atom. The van der Waals surface area contributed by atoms with Crippen LogP contribution in [0.15, 0.2) is 48.5 Å². The SMILES string of the molecule is CCn1c(C2CC(NC(=O)c3ccccc3F)NN2)cc2c(OC)cccc21. The van der Waals surface area contributed by atoms with E-state index in [9.17, 15) is 9.18 Å². The van der Waals surface area contributed by atoms with Crippen molar-refractivity contribution in [1.29, 1.82) is 0 Å². The van der Waals surface area contributed by atoms with Gasteiger partial charge in [-0.1, -0.05) is 18.2 Å². The van der Waals surface area contributed by atoms with E-state index in [0.717, 1.165) is 28.9 Å². The fourth-order valence-electron chi connectivity index (χ4n) is 3.82. The number of ether oxygens (including phenoxy) is 1. The van der Waals surface area contributed by atoms with Gasteiger partial charge in [-0.05, 0) is 37.3 Å². The number of carbonyl (C=O) groups excluding carboxylic acids is 1. The molecule has 28 heavy (non-hydrogen) atoms. The number of rotatable bonds is 5. The summed E-state index contributed by atoms with van der Waals surface area (Å²) in [6, 6.07) is 14.1. The molecule has 0 spiro atoms. The van der Waals surface area contributed by atoms with E-state index in [0.29, 0.717) is 6.42 Å². The normalized spacial score (nSPS) is 19.1. The topological polar surface area (TPSA) is 67.3 Å². The number of halogens is 1. The molecule has 0 bridgehead atoms. The zero-order chi connectivity index (χ0) is 19.7. The predicted molar refractivity (Wildman–Crippen MR) is 105 cm³/mol. The van der Waals surface area contributed by atoms with Gasteiger partial charge in [-0.3, -0.25) is 4.79 Å². The Kier molecular flexibility index (Phi) is 5.02. The van der Waals surface area contributed by atoms with Gasteiger partial charge in [0.05, 0.1) is 30.4 Å². The summed E-state index contributed by atoms with van der Waals surface area (Å²) in [5, 5.41) is 3.90. The number of benzene rings is 2. The monoisotopic (exact) mass is 382 g/mol. The van der Waals surface area contributed by atoms with Gasteiger partial charge in [0.1, 0.15) is 11.6 Å². The second-order valence-electron chi connectivity index (χ2n) is 6.79. The maximum absolute atomic E-state index is 13.8. The molecule has 3 aromatic rings. The summed E-state index contributed by atoms with van der Waals surface area (Å²) in [7, 11) is 1.67. The molecule has 1 amide bonds. The summed E-state index contributed by atoms with van der Waals surface area (Å²) in [5.74, 6) is -0.127. The Morgan fingerprint density at radius 1 is 1.25 bits per heavy atom. The molecule has 1 aromatic heterocycles.